The third kappa shape index (κ3) is 6.10. The minimum atomic E-state index is -4.74. The van der Waals surface area contributed by atoms with Crippen LogP contribution in [-0.2, 0) is 15.8 Å². The normalized spacial score (nSPS) is 18.9. The van der Waals surface area contributed by atoms with Crippen molar-refractivity contribution in [3.63, 3.8) is 0 Å². The summed E-state index contributed by atoms with van der Waals surface area (Å²) in [4.78, 5) is 21.3. The van der Waals surface area contributed by atoms with E-state index >= 15 is 0 Å². The maximum atomic E-state index is 14.0. The van der Waals surface area contributed by atoms with E-state index in [1.54, 1.807) is 36.4 Å². The van der Waals surface area contributed by atoms with Crippen LogP contribution in [0.5, 0.6) is 5.88 Å². The number of methoxy groups -OCH3 is 1. The number of alkyl halides is 3. The summed E-state index contributed by atoms with van der Waals surface area (Å²) in [6.07, 6.45) is -0.370. The standard InChI is InChI=1S/C29H23Cl2F3N2O4/c1-38-28(37)19-5-2-4-16(14-19)8-9-18-12-13-23(35-27(18)29(32,33)34)39-15-20-25(36-40-26(20)17-10-11-17)24-21(30)6-3-7-22(24)31/h2-9,12-14,17,20,26H,10-11,15H2,1H3/b9-8+. The van der Waals surface area contributed by atoms with Gasteiger partial charge in [-0.05, 0) is 54.7 Å². The van der Waals surface area contributed by atoms with Gasteiger partial charge in [-0.15, -0.1) is 0 Å². The first-order chi connectivity index (χ1) is 19.2. The largest absolute Gasteiger partial charge is 0.477 e. The third-order valence-corrected chi connectivity index (χ3v) is 7.30. The van der Waals surface area contributed by atoms with Gasteiger partial charge in [0.05, 0.1) is 28.6 Å². The molecule has 0 bridgehead atoms. The number of rotatable bonds is 8. The molecular formula is C29H23Cl2F3N2O4. The van der Waals surface area contributed by atoms with Crippen molar-refractivity contribution < 1.29 is 32.3 Å². The Hall–Kier alpha value is -3.56. The van der Waals surface area contributed by atoms with Gasteiger partial charge in [-0.25, -0.2) is 9.78 Å². The second kappa shape index (κ2) is 11.5. The quantitative estimate of drug-likeness (QED) is 0.253. The highest BCUT2D eigenvalue weighted by Gasteiger charge is 2.46. The Balaban J connectivity index is 1.38. The summed E-state index contributed by atoms with van der Waals surface area (Å²) in [5, 5.41) is 5.02. The Morgan fingerprint density at radius 3 is 2.48 bits per heavy atom. The monoisotopic (exact) mass is 590 g/mol. The summed E-state index contributed by atoms with van der Waals surface area (Å²) in [5.74, 6) is -0.873. The van der Waals surface area contributed by atoms with Crippen molar-refractivity contribution in [1.82, 2.24) is 4.98 Å². The fraction of sp³-hybridized carbons (Fsp3) is 0.276. The second-order valence-corrected chi connectivity index (χ2v) is 10.2. The summed E-state index contributed by atoms with van der Waals surface area (Å²) >= 11 is 12.8. The summed E-state index contributed by atoms with van der Waals surface area (Å²) < 4.78 is 52.4. The number of benzene rings is 2. The molecule has 1 aromatic heterocycles. The zero-order valence-electron chi connectivity index (χ0n) is 21.1. The number of carbonyl (C=O) groups is 1. The van der Waals surface area contributed by atoms with Crippen LogP contribution in [0.4, 0.5) is 13.2 Å². The molecular weight excluding hydrogens is 568 g/mol. The first-order valence-corrected chi connectivity index (χ1v) is 13.2. The minimum Gasteiger partial charge on any atom is -0.477 e. The molecule has 2 heterocycles. The molecule has 0 radical (unpaired) electrons. The molecule has 5 rings (SSSR count). The second-order valence-electron chi connectivity index (χ2n) is 9.43. The van der Waals surface area contributed by atoms with Crippen LogP contribution < -0.4 is 4.74 Å². The average Bonchev–Trinajstić information content (AvgIpc) is 3.70. The van der Waals surface area contributed by atoms with Crippen LogP contribution in [0.2, 0.25) is 10.0 Å². The van der Waals surface area contributed by atoms with Crippen LogP contribution in [-0.4, -0.2) is 36.5 Å². The number of hydrogen-bond donors (Lipinski definition) is 0. The van der Waals surface area contributed by atoms with E-state index in [0.29, 0.717) is 26.9 Å². The number of oxime groups is 1. The SMILES string of the molecule is COC(=O)c1cccc(/C=C/c2ccc(OCC3C(c4c(Cl)cccc4Cl)=NOC3C3CC3)nc2C(F)(F)F)c1. The van der Waals surface area contributed by atoms with Crippen molar-refractivity contribution in [2.24, 2.45) is 17.0 Å². The van der Waals surface area contributed by atoms with Gasteiger partial charge in [0.2, 0.25) is 5.88 Å². The summed E-state index contributed by atoms with van der Waals surface area (Å²) in [5.41, 5.74) is 0.557. The smallest absolute Gasteiger partial charge is 0.434 e. The van der Waals surface area contributed by atoms with Gasteiger partial charge in [-0.2, -0.15) is 13.2 Å². The van der Waals surface area contributed by atoms with Crippen molar-refractivity contribution in [1.29, 1.82) is 0 Å². The maximum absolute atomic E-state index is 14.0. The van der Waals surface area contributed by atoms with E-state index in [4.69, 9.17) is 37.5 Å². The molecule has 1 aliphatic heterocycles. The van der Waals surface area contributed by atoms with E-state index in [1.165, 1.54) is 37.5 Å². The van der Waals surface area contributed by atoms with Crippen molar-refractivity contribution in [3.05, 3.63) is 92.6 Å². The number of aromatic nitrogens is 1. The first-order valence-electron chi connectivity index (χ1n) is 12.4. The summed E-state index contributed by atoms with van der Waals surface area (Å²) in [6.45, 7) is -0.0264. The Kier molecular flexibility index (Phi) is 8.05. The Bertz CT molecular complexity index is 1470. The van der Waals surface area contributed by atoms with Gasteiger partial charge in [-0.1, -0.05) is 58.7 Å². The van der Waals surface area contributed by atoms with Gasteiger partial charge in [0.15, 0.2) is 5.69 Å². The first kappa shape index (κ1) is 28.0. The zero-order chi connectivity index (χ0) is 28.4. The van der Waals surface area contributed by atoms with Crippen LogP contribution >= 0.6 is 23.2 Å². The lowest BCUT2D eigenvalue weighted by Gasteiger charge is -2.20. The highest BCUT2D eigenvalue weighted by Crippen LogP contribution is 2.43. The van der Waals surface area contributed by atoms with E-state index in [9.17, 15) is 18.0 Å². The van der Waals surface area contributed by atoms with E-state index < -0.39 is 23.8 Å². The minimum absolute atomic E-state index is 0.0264. The molecule has 0 amide bonds. The number of esters is 1. The summed E-state index contributed by atoms with van der Waals surface area (Å²) in [6, 6.07) is 14.1. The molecule has 40 heavy (non-hydrogen) atoms. The third-order valence-electron chi connectivity index (χ3n) is 6.67. The van der Waals surface area contributed by atoms with Gasteiger partial charge < -0.3 is 14.3 Å². The van der Waals surface area contributed by atoms with E-state index in [-0.39, 0.29) is 35.6 Å². The van der Waals surface area contributed by atoms with Crippen LogP contribution in [0.1, 0.15) is 45.6 Å². The molecule has 208 valence electrons. The predicted molar refractivity (Wildman–Crippen MR) is 146 cm³/mol. The number of nitrogens with zero attached hydrogens (tertiary/aromatic N) is 2. The van der Waals surface area contributed by atoms with Gasteiger partial charge in [0.1, 0.15) is 18.4 Å². The molecule has 1 aliphatic carbocycles. The number of carbonyl (C=O) groups excluding carboxylic acids is 1. The van der Waals surface area contributed by atoms with Crippen molar-refractivity contribution in [2.45, 2.75) is 25.1 Å². The topological polar surface area (TPSA) is 70.0 Å². The molecule has 2 unspecified atom stereocenters. The molecule has 1 saturated carbocycles. The van der Waals surface area contributed by atoms with Crippen molar-refractivity contribution >= 4 is 47.0 Å². The zero-order valence-corrected chi connectivity index (χ0v) is 22.6. The average molecular weight is 591 g/mol. The number of halogens is 5. The van der Waals surface area contributed by atoms with Crippen LogP contribution in [0.3, 0.4) is 0 Å². The number of hydrogen-bond acceptors (Lipinski definition) is 6. The fourth-order valence-corrected chi connectivity index (χ4v) is 5.13. The molecule has 0 N–H and O–H groups in total. The van der Waals surface area contributed by atoms with Crippen LogP contribution in [0.25, 0.3) is 12.2 Å². The van der Waals surface area contributed by atoms with E-state index in [1.807, 2.05) is 0 Å². The predicted octanol–water partition coefficient (Wildman–Crippen LogP) is 7.57. The molecule has 1 fully saturated rings. The highest BCUT2D eigenvalue weighted by atomic mass is 35.5. The number of ether oxygens (including phenoxy) is 2. The molecule has 6 nitrogen and oxygen atoms in total. The molecule has 2 atom stereocenters. The van der Waals surface area contributed by atoms with E-state index in [0.717, 1.165) is 12.8 Å². The number of pyridine rings is 1. The molecule has 2 aromatic carbocycles. The van der Waals surface area contributed by atoms with Gasteiger partial charge in [0.25, 0.3) is 0 Å². The Morgan fingerprint density at radius 1 is 1.07 bits per heavy atom. The van der Waals surface area contributed by atoms with Gasteiger partial charge in [-0.3, -0.25) is 0 Å². The lowest BCUT2D eigenvalue weighted by molar-refractivity contribution is -0.141. The molecule has 11 heteroatoms. The molecule has 0 spiro atoms. The van der Waals surface area contributed by atoms with Crippen molar-refractivity contribution in [2.75, 3.05) is 13.7 Å². The van der Waals surface area contributed by atoms with E-state index in [2.05, 4.69) is 10.1 Å². The van der Waals surface area contributed by atoms with Crippen LogP contribution in [0.15, 0.2) is 59.8 Å². The maximum Gasteiger partial charge on any atom is 0.434 e. The lowest BCUT2D eigenvalue weighted by atomic mass is 9.90. The molecule has 2 aliphatic rings. The van der Waals surface area contributed by atoms with Crippen molar-refractivity contribution in [3.8, 4) is 5.88 Å². The lowest BCUT2D eigenvalue weighted by Crippen LogP contribution is -2.31. The molecule has 0 saturated heterocycles. The van der Waals surface area contributed by atoms with Gasteiger partial charge >= 0.3 is 12.1 Å². The van der Waals surface area contributed by atoms with Gasteiger partial charge in [0, 0.05) is 17.2 Å². The van der Waals surface area contributed by atoms with Crippen LogP contribution in [0, 0.1) is 11.8 Å². The molecule has 3 aromatic rings. The summed E-state index contributed by atoms with van der Waals surface area (Å²) in [7, 11) is 1.25. The Labute approximate surface area is 238 Å². The Morgan fingerprint density at radius 2 is 1.80 bits per heavy atom. The fourth-order valence-electron chi connectivity index (χ4n) is 4.54. The highest BCUT2D eigenvalue weighted by molar-refractivity contribution is 6.40.